The maximum atomic E-state index is 12.8. The van der Waals surface area contributed by atoms with Crippen LogP contribution in [0.25, 0.3) is 0 Å². The molecule has 1 saturated carbocycles. The average Bonchev–Trinajstić information content (AvgIpc) is 2.18. The Morgan fingerprint density at radius 1 is 1.44 bits per heavy atom. The largest absolute Gasteiger partial charge is 0.373 e. The molecule has 0 spiro atoms. The summed E-state index contributed by atoms with van der Waals surface area (Å²) in [7, 11) is 0. The van der Waals surface area contributed by atoms with E-state index in [1.54, 1.807) is 6.07 Å². The van der Waals surface area contributed by atoms with Gasteiger partial charge in [-0.1, -0.05) is 22.0 Å². The van der Waals surface area contributed by atoms with Crippen molar-refractivity contribution in [3.63, 3.8) is 0 Å². The van der Waals surface area contributed by atoms with Gasteiger partial charge in [-0.05, 0) is 43.0 Å². The highest BCUT2D eigenvalue weighted by Crippen LogP contribution is 2.30. The molecule has 0 heterocycles. The van der Waals surface area contributed by atoms with Crippen LogP contribution in [0.2, 0.25) is 0 Å². The molecule has 2 nitrogen and oxygen atoms in total. The average molecular weight is 288 g/mol. The highest BCUT2D eigenvalue weighted by Gasteiger charge is 2.28. The first-order valence-corrected chi connectivity index (χ1v) is 6.24. The fourth-order valence-corrected chi connectivity index (χ4v) is 2.31. The Morgan fingerprint density at radius 3 is 2.81 bits per heavy atom. The molecular weight excluding hydrogens is 273 g/mol. The zero-order valence-corrected chi connectivity index (χ0v) is 10.5. The number of hydrogen-bond donors (Lipinski definition) is 1. The Bertz CT molecular complexity index is 366. The summed E-state index contributed by atoms with van der Waals surface area (Å²) in [6.07, 6.45) is 2.43. The summed E-state index contributed by atoms with van der Waals surface area (Å²) in [5, 5.41) is 0. The third kappa shape index (κ3) is 2.81. The highest BCUT2D eigenvalue weighted by atomic mass is 79.9. The standard InChI is InChI=1S/C12H15BrFNO/c13-12-5-10(14)2-1-9(12)7-16-11-3-8(4-11)6-15/h1-2,5,8,11H,3-4,6-7,15H2. The number of benzene rings is 1. The van der Waals surface area contributed by atoms with Crippen LogP contribution in [0.3, 0.4) is 0 Å². The van der Waals surface area contributed by atoms with Crippen LogP contribution in [0, 0.1) is 11.7 Å². The Kier molecular flexibility index (Phi) is 3.95. The monoisotopic (exact) mass is 287 g/mol. The van der Waals surface area contributed by atoms with E-state index >= 15 is 0 Å². The van der Waals surface area contributed by atoms with E-state index in [4.69, 9.17) is 10.5 Å². The third-order valence-corrected chi connectivity index (χ3v) is 3.75. The first kappa shape index (κ1) is 12.0. The van der Waals surface area contributed by atoms with Crippen LogP contribution < -0.4 is 5.73 Å². The second-order valence-corrected chi connectivity index (χ2v) is 5.10. The topological polar surface area (TPSA) is 35.2 Å². The molecule has 1 aromatic rings. The van der Waals surface area contributed by atoms with Crippen molar-refractivity contribution < 1.29 is 9.13 Å². The van der Waals surface area contributed by atoms with Crippen LogP contribution in [0.4, 0.5) is 4.39 Å². The molecule has 0 amide bonds. The van der Waals surface area contributed by atoms with Crippen molar-refractivity contribution in [2.24, 2.45) is 11.7 Å². The smallest absolute Gasteiger partial charge is 0.124 e. The summed E-state index contributed by atoms with van der Waals surface area (Å²) < 4.78 is 19.3. The molecule has 16 heavy (non-hydrogen) atoms. The predicted octanol–water partition coefficient (Wildman–Crippen LogP) is 2.84. The van der Waals surface area contributed by atoms with Crippen molar-refractivity contribution in [1.82, 2.24) is 0 Å². The lowest BCUT2D eigenvalue weighted by atomic mass is 9.82. The van der Waals surface area contributed by atoms with Crippen molar-refractivity contribution in [2.45, 2.75) is 25.6 Å². The number of halogens is 2. The van der Waals surface area contributed by atoms with Gasteiger partial charge in [0.25, 0.3) is 0 Å². The van der Waals surface area contributed by atoms with E-state index in [2.05, 4.69) is 15.9 Å². The molecule has 2 rings (SSSR count). The van der Waals surface area contributed by atoms with Gasteiger partial charge in [-0.25, -0.2) is 4.39 Å². The Labute approximate surface area is 103 Å². The lowest BCUT2D eigenvalue weighted by Crippen LogP contribution is -2.35. The van der Waals surface area contributed by atoms with Gasteiger partial charge < -0.3 is 10.5 Å². The van der Waals surface area contributed by atoms with Gasteiger partial charge in [-0.15, -0.1) is 0 Å². The number of nitrogens with two attached hydrogens (primary N) is 1. The predicted molar refractivity (Wildman–Crippen MR) is 64.5 cm³/mol. The SMILES string of the molecule is NCC1CC(OCc2ccc(F)cc2Br)C1. The minimum absolute atomic E-state index is 0.234. The van der Waals surface area contributed by atoms with E-state index in [-0.39, 0.29) is 5.82 Å². The molecule has 0 atom stereocenters. The molecule has 0 bridgehead atoms. The molecule has 1 fully saturated rings. The van der Waals surface area contributed by atoms with E-state index in [1.165, 1.54) is 12.1 Å². The molecule has 1 aromatic carbocycles. The molecule has 0 unspecified atom stereocenters. The van der Waals surface area contributed by atoms with Gasteiger partial charge in [0, 0.05) is 4.47 Å². The lowest BCUT2D eigenvalue weighted by molar-refractivity contribution is -0.0378. The summed E-state index contributed by atoms with van der Waals surface area (Å²) in [6, 6.07) is 4.66. The maximum absolute atomic E-state index is 12.8. The number of hydrogen-bond acceptors (Lipinski definition) is 2. The van der Waals surface area contributed by atoms with Crippen molar-refractivity contribution >= 4 is 15.9 Å². The van der Waals surface area contributed by atoms with Crippen LogP contribution in [-0.4, -0.2) is 12.6 Å². The molecule has 88 valence electrons. The Morgan fingerprint density at radius 2 is 2.19 bits per heavy atom. The normalized spacial score (nSPS) is 24.2. The number of ether oxygens (including phenoxy) is 1. The fourth-order valence-electron chi connectivity index (χ4n) is 1.85. The van der Waals surface area contributed by atoms with Crippen molar-refractivity contribution in [1.29, 1.82) is 0 Å². The molecular formula is C12H15BrFNO. The van der Waals surface area contributed by atoms with Crippen LogP contribution in [0.15, 0.2) is 22.7 Å². The van der Waals surface area contributed by atoms with Gasteiger partial charge in [-0.3, -0.25) is 0 Å². The zero-order chi connectivity index (χ0) is 11.5. The summed E-state index contributed by atoms with van der Waals surface area (Å²) in [5.41, 5.74) is 6.52. The molecule has 4 heteroatoms. The first-order chi connectivity index (χ1) is 7.69. The first-order valence-electron chi connectivity index (χ1n) is 5.44. The van der Waals surface area contributed by atoms with Gasteiger partial charge in [0.15, 0.2) is 0 Å². The fraction of sp³-hybridized carbons (Fsp3) is 0.500. The lowest BCUT2D eigenvalue weighted by Gasteiger charge is -2.34. The second-order valence-electron chi connectivity index (χ2n) is 4.24. The summed E-state index contributed by atoms with van der Waals surface area (Å²) >= 11 is 3.32. The number of rotatable bonds is 4. The van der Waals surface area contributed by atoms with Crippen LogP contribution in [-0.2, 0) is 11.3 Å². The van der Waals surface area contributed by atoms with Crippen LogP contribution >= 0.6 is 15.9 Å². The van der Waals surface area contributed by atoms with Crippen LogP contribution in [0.5, 0.6) is 0 Å². The molecule has 1 aliphatic carbocycles. The maximum Gasteiger partial charge on any atom is 0.124 e. The third-order valence-electron chi connectivity index (χ3n) is 3.02. The molecule has 0 saturated heterocycles. The Balaban J connectivity index is 1.82. The molecule has 0 radical (unpaired) electrons. The van der Waals surface area contributed by atoms with Gasteiger partial charge in [0.05, 0.1) is 12.7 Å². The summed E-state index contributed by atoms with van der Waals surface area (Å²) in [4.78, 5) is 0. The van der Waals surface area contributed by atoms with Gasteiger partial charge >= 0.3 is 0 Å². The molecule has 0 aliphatic heterocycles. The van der Waals surface area contributed by atoms with E-state index in [0.29, 0.717) is 18.6 Å². The van der Waals surface area contributed by atoms with E-state index in [0.717, 1.165) is 29.4 Å². The van der Waals surface area contributed by atoms with Crippen molar-refractivity contribution in [3.8, 4) is 0 Å². The van der Waals surface area contributed by atoms with Gasteiger partial charge in [-0.2, -0.15) is 0 Å². The van der Waals surface area contributed by atoms with Crippen molar-refractivity contribution in [2.75, 3.05) is 6.54 Å². The second kappa shape index (κ2) is 5.25. The zero-order valence-electron chi connectivity index (χ0n) is 8.96. The van der Waals surface area contributed by atoms with Gasteiger partial charge in [0.2, 0.25) is 0 Å². The van der Waals surface area contributed by atoms with E-state index in [9.17, 15) is 4.39 Å². The molecule has 1 aliphatic rings. The molecule has 0 aromatic heterocycles. The van der Waals surface area contributed by atoms with Gasteiger partial charge in [0.1, 0.15) is 5.82 Å². The quantitative estimate of drug-likeness (QED) is 0.924. The summed E-state index contributed by atoms with van der Waals surface area (Å²) in [6.45, 7) is 1.28. The highest BCUT2D eigenvalue weighted by molar-refractivity contribution is 9.10. The Hall–Kier alpha value is -0.450. The van der Waals surface area contributed by atoms with E-state index < -0.39 is 0 Å². The molecule has 2 N–H and O–H groups in total. The minimum Gasteiger partial charge on any atom is -0.373 e. The van der Waals surface area contributed by atoms with E-state index in [1.807, 2.05) is 0 Å². The van der Waals surface area contributed by atoms with Crippen molar-refractivity contribution in [3.05, 3.63) is 34.1 Å². The minimum atomic E-state index is -0.234. The summed E-state index contributed by atoms with van der Waals surface area (Å²) in [5.74, 6) is 0.393. The van der Waals surface area contributed by atoms with Crippen LogP contribution in [0.1, 0.15) is 18.4 Å².